The summed E-state index contributed by atoms with van der Waals surface area (Å²) in [6.07, 6.45) is 0. The van der Waals surface area contributed by atoms with Crippen LogP contribution < -0.4 is 10.6 Å². The van der Waals surface area contributed by atoms with Crippen molar-refractivity contribution >= 4 is 5.96 Å². The minimum absolute atomic E-state index is 0.182. The van der Waals surface area contributed by atoms with E-state index in [9.17, 15) is 4.39 Å². The molecule has 1 aromatic rings. The molecule has 5 heteroatoms. The molecule has 0 aromatic heterocycles. The van der Waals surface area contributed by atoms with E-state index < -0.39 is 0 Å². The first-order valence-electron chi connectivity index (χ1n) is 6.62. The van der Waals surface area contributed by atoms with Gasteiger partial charge in [0.05, 0.1) is 5.60 Å². The predicted octanol–water partition coefficient (Wildman–Crippen LogP) is 2.22. The van der Waals surface area contributed by atoms with Crippen LogP contribution in [-0.4, -0.2) is 32.3 Å². The van der Waals surface area contributed by atoms with Crippen molar-refractivity contribution in [3.05, 3.63) is 35.1 Å². The van der Waals surface area contributed by atoms with Gasteiger partial charge < -0.3 is 15.4 Å². The first kappa shape index (κ1) is 16.4. The van der Waals surface area contributed by atoms with Crippen LogP contribution in [0.2, 0.25) is 0 Å². The monoisotopic (exact) mass is 281 g/mol. The summed E-state index contributed by atoms with van der Waals surface area (Å²) < 4.78 is 18.5. The molecule has 0 saturated heterocycles. The zero-order valence-electron chi connectivity index (χ0n) is 12.9. The van der Waals surface area contributed by atoms with Gasteiger partial charge in [-0.3, -0.25) is 4.99 Å². The summed E-state index contributed by atoms with van der Waals surface area (Å²) in [5, 5.41) is 6.39. The third kappa shape index (κ3) is 5.17. The van der Waals surface area contributed by atoms with Crippen LogP contribution in [0, 0.1) is 12.7 Å². The third-order valence-corrected chi connectivity index (χ3v) is 3.14. The van der Waals surface area contributed by atoms with E-state index >= 15 is 0 Å². The second-order valence-corrected chi connectivity index (χ2v) is 5.33. The van der Waals surface area contributed by atoms with Crippen LogP contribution >= 0.6 is 0 Å². The molecular weight excluding hydrogens is 257 g/mol. The maximum Gasteiger partial charge on any atom is 0.191 e. The Hall–Kier alpha value is -1.62. The van der Waals surface area contributed by atoms with Crippen LogP contribution in [0.4, 0.5) is 4.39 Å². The van der Waals surface area contributed by atoms with E-state index in [4.69, 9.17) is 4.74 Å². The number of nitrogens with one attached hydrogen (secondary N) is 2. The van der Waals surface area contributed by atoms with Crippen LogP contribution in [0.15, 0.2) is 23.2 Å². The number of hydrogen-bond donors (Lipinski definition) is 2. The van der Waals surface area contributed by atoms with Crippen molar-refractivity contribution < 1.29 is 9.13 Å². The van der Waals surface area contributed by atoms with Crippen molar-refractivity contribution in [3.63, 3.8) is 0 Å². The molecule has 0 heterocycles. The second-order valence-electron chi connectivity index (χ2n) is 5.33. The molecule has 0 saturated carbocycles. The van der Waals surface area contributed by atoms with Gasteiger partial charge in [0, 0.05) is 27.2 Å². The largest absolute Gasteiger partial charge is 0.377 e. The van der Waals surface area contributed by atoms with E-state index in [1.165, 1.54) is 6.07 Å². The Morgan fingerprint density at radius 2 is 2.05 bits per heavy atom. The molecule has 0 aliphatic carbocycles. The highest BCUT2D eigenvalue weighted by molar-refractivity contribution is 5.79. The topological polar surface area (TPSA) is 45.7 Å². The lowest BCUT2D eigenvalue weighted by atomic mass is 10.1. The molecule has 0 aliphatic rings. The van der Waals surface area contributed by atoms with Gasteiger partial charge in [0.1, 0.15) is 5.82 Å². The van der Waals surface area contributed by atoms with Gasteiger partial charge in [-0.05, 0) is 38.0 Å². The molecule has 112 valence electrons. The van der Waals surface area contributed by atoms with Gasteiger partial charge >= 0.3 is 0 Å². The Labute approximate surface area is 120 Å². The Bertz CT molecular complexity index is 472. The molecule has 0 radical (unpaired) electrons. The Kier molecular flexibility index (Phi) is 5.95. The number of aliphatic imine (C=N–C) groups is 1. The van der Waals surface area contributed by atoms with Crippen LogP contribution in [0.3, 0.4) is 0 Å². The van der Waals surface area contributed by atoms with Gasteiger partial charge in [0.2, 0.25) is 0 Å². The van der Waals surface area contributed by atoms with E-state index in [0.29, 0.717) is 24.6 Å². The van der Waals surface area contributed by atoms with Crippen LogP contribution in [0.5, 0.6) is 0 Å². The van der Waals surface area contributed by atoms with Gasteiger partial charge in [-0.1, -0.05) is 12.1 Å². The van der Waals surface area contributed by atoms with Gasteiger partial charge in [-0.2, -0.15) is 0 Å². The highest BCUT2D eigenvalue weighted by Gasteiger charge is 2.16. The SMILES string of the molecule is CN=C(NCc1ccc(F)c(C)c1)NCC(C)(C)OC. The standard InChI is InChI=1S/C15H24FN3O/c1-11-8-12(6-7-13(11)16)9-18-14(17-4)19-10-15(2,3)20-5/h6-8H,9-10H2,1-5H3,(H2,17,18,19). The lowest BCUT2D eigenvalue weighted by molar-refractivity contribution is 0.0268. The van der Waals surface area contributed by atoms with Gasteiger partial charge in [-0.25, -0.2) is 4.39 Å². The lowest BCUT2D eigenvalue weighted by Gasteiger charge is -2.24. The van der Waals surface area contributed by atoms with Gasteiger partial charge in [0.15, 0.2) is 5.96 Å². The molecule has 1 aromatic carbocycles. The van der Waals surface area contributed by atoms with E-state index in [0.717, 1.165) is 5.56 Å². The molecule has 2 N–H and O–H groups in total. The van der Waals surface area contributed by atoms with Crippen molar-refractivity contribution in [2.45, 2.75) is 32.9 Å². The fourth-order valence-electron chi connectivity index (χ4n) is 1.59. The summed E-state index contributed by atoms with van der Waals surface area (Å²) in [6.45, 7) is 6.99. The normalized spacial score (nSPS) is 12.4. The quantitative estimate of drug-likeness (QED) is 0.642. The molecule has 1 rings (SSSR count). The number of hydrogen-bond acceptors (Lipinski definition) is 2. The van der Waals surface area contributed by atoms with Crippen molar-refractivity contribution in [2.24, 2.45) is 4.99 Å². The number of methoxy groups -OCH3 is 1. The Morgan fingerprint density at radius 1 is 1.35 bits per heavy atom. The predicted molar refractivity (Wildman–Crippen MR) is 80.4 cm³/mol. The molecule has 0 aliphatic heterocycles. The minimum atomic E-state index is -0.260. The molecule has 20 heavy (non-hydrogen) atoms. The highest BCUT2D eigenvalue weighted by atomic mass is 19.1. The number of benzene rings is 1. The Morgan fingerprint density at radius 3 is 2.60 bits per heavy atom. The first-order chi connectivity index (χ1) is 9.38. The average Bonchev–Trinajstić information content (AvgIpc) is 2.42. The zero-order chi connectivity index (χ0) is 15.2. The van der Waals surface area contributed by atoms with Crippen molar-refractivity contribution in [1.82, 2.24) is 10.6 Å². The minimum Gasteiger partial charge on any atom is -0.377 e. The lowest BCUT2D eigenvalue weighted by Crippen LogP contribution is -2.45. The summed E-state index contributed by atoms with van der Waals surface area (Å²) in [7, 11) is 3.39. The van der Waals surface area contributed by atoms with Crippen molar-refractivity contribution in [1.29, 1.82) is 0 Å². The number of nitrogens with zero attached hydrogens (tertiary/aromatic N) is 1. The second kappa shape index (κ2) is 7.24. The molecule has 0 spiro atoms. The molecule has 0 unspecified atom stereocenters. The number of ether oxygens (including phenoxy) is 1. The van der Waals surface area contributed by atoms with Gasteiger partial charge in [-0.15, -0.1) is 0 Å². The highest BCUT2D eigenvalue weighted by Crippen LogP contribution is 2.09. The molecule has 0 amide bonds. The van der Waals surface area contributed by atoms with E-state index in [1.54, 1.807) is 27.1 Å². The maximum absolute atomic E-state index is 13.2. The summed E-state index contributed by atoms with van der Waals surface area (Å²) in [5.74, 6) is 0.509. The smallest absolute Gasteiger partial charge is 0.191 e. The molecule has 4 nitrogen and oxygen atoms in total. The fraction of sp³-hybridized carbons (Fsp3) is 0.533. The Balaban J connectivity index is 2.51. The first-order valence-corrected chi connectivity index (χ1v) is 6.62. The average molecular weight is 281 g/mol. The van der Waals surface area contributed by atoms with Crippen LogP contribution in [0.25, 0.3) is 0 Å². The molecular formula is C15H24FN3O. The molecule has 0 bridgehead atoms. The van der Waals surface area contributed by atoms with Crippen molar-refractivity contribution in [2.75, 3.05) is 20.7 Å². The number of rotatable bonds is 5. The van der Waals surface area contributed by atoms with Crippen LogP contribution in [-0.2, 0) is 11.3 Å². The summed E-state index contributed by atoms with van der Waals surface area (Å²) in [5.41, 5.74) is 1.40. The number of guanidine groups is 1. The summed E-state index contributed by atoms with van der Waals surface area (Å²) in [6, 6.07) is 5.08. The zero-order valence-corrected chi connectivity index (χ0v) is 12.9. The van der Waals surface area contributed by atoms with Crippen LogP contribution in [0.1, 0.15) is 25.0 Å². The number of halogens is 1. The third-order valence-electron chi connectivity index (χ3n) is 3.14. The number of aryl methyl sites for hydroxylation is 1. The summed E-state index contributed by atoms with van der Waals surface area (Å²) >= 11 is 0. The molecule has 0 fully saturated rings. The molecule has 0 atom stereocenters. The summed E-state index contributed by atoms with van der Waals surface area (Å²) in [4.78, 5) is 4.15. The van der Waals surface area contributed by atoms with Crippen molar-refractivity contribution in [3.8, 4) is 0 Å². The van der Waals surface area contributed by atoms with Gasteiger partial charge in [0.25, 0.3) is 0 Å². The van der Waals surface area contributed by atoms with E-state index in [2.05, 4.69) is 15.6 Å². The fourth-order valence-corrected chi connectivity index (χ4v) is 1.59. The van der Waals surface area contributed by atoms with E-state index in [1.807, 2.05) is 19.9 Å². The maximum atomic E-state index is 13.2. The van der Waals surface area contributed by atoms with E-state index in [-0.39, 0.29) is 11.4 Å².